The minimum atomic E-state index is 0.727. The first-order valence-electron chi connectivity index (χ1n) is 8.19. The van der Waals surface area contributed by atoms with E-state index in [9.17, 15) is 0 Å². The van der Waals surface area contributed by atoms with Gasteiger partial charge in [0.2, 0.25) is 0 Å². The largest absolute Gasteiger partial charge is 0.497 e. The molecule has 0 fully saturated rings. The first-order valence-corrected chi connectivity index (χ1v) is 9.45. The molecule has 0 saturated heterocycles. The third kappa shape index (κ3) is 4.36. The summed E-state index contributed by atoms with van der Waals surface area (Å²) in [5.41, 5.74) is 3.11. The lowest BCUT2D eigenvalue weighted by Gasteiger charge is -2.18. The molecule has 1 heterocycles. The van der Waals surface area contributed by atoms with Crippen LogP contribution in [-0.4, -0.2) is 31.2 Å². The van der Waals surface area contributed by atoms with Crippen LogP contribution >= 0.6 is 22.9 Å². The predicted octanol–water partition coefficient (Wildman–Crippen LogP) is 5.11. The molecule has 26 heavy (non-hydrogen) atoms. The summed E-state index contributed by atoms with van der Waals surface area (Å²) in [6, 6.07) is 13.7. The first-order chi connectivity index (χ1) is 12.6. The number of methoxy groups -OCH3 is 2. The molecule has 0 unspecified atom stereocenters. The van der Waals surface area contributed by atoms with Gasteiger partial charge in [0.15, 0.2) is 0 Å². The summed E-state index contributed by atoms with van der Waals surface area (Å²) in [7, 11) is 5.39. The van der Waals surface area contributed by atoms with Gasteiger partial charge in [0.1, 0.15) is 16.5 Å². The number of halogens is 1. The van der Waals surface area contributed by atoms with Gasteiger partial charge in [-0.2, -0.15) is 0 Å². The zero-order valence-corrected chi connectivity index (χ0v) is 16.6. The minimum absolute atomic E-state index is 0.727. The third-order valence-electron chi connectivity index (χ3n) is 4.02. The third-order valence-corrected chi connectivity index (χ3v) is 5.28. The second-order valence-electron chi connectivity index (χ2n) is 5.97. The van der Waals surface area contributed by atoms with Gasteiger partial charge < -0.3 is 9.47 Å². The molecule has 0 aliphatic carbocycles. The Balaban J connectivity index is 1.69. The van der Waals surface area contributed by atoms with Gasteiger partial charge in [-0.1, -0.05) is 35.9 Å². The quantitative estimate of drug-likeness (QED) is 0.563. The van der Waals surface area contributed by atoms with Gasteiger partial charge in [0.25, 0.3) is 0 Å². The average Bonchev–Trinajstić information content (AvgIpc) is 3.10. The molecule has 0 aliphatic heterocycles. The molecule has 0 spiro atoms. The van der Waals surface area contributed by atoms with Crippen LogP contribution in [0.25, 0.3) is 10.6 Å². The molecular weight excluding hydrogens is 368 g/mol. The lowest BCUT2D eigenvalue weighted by molar-refractivity contribution is 0.306. The van der Waals surface area contributed by atoms with Crippen molar-refractivity contribution in [2.24, 2.45) is 0 Å². The van der Waals surface area contributed by atoms with Gasteiger partial charge in [-0.3, -0.25) is 4.90 Å². The highest BCUT2D eigenvalue weighted by Gasteiger charge is 2.12. The normalized spacial score (nSPS) is 11.0. The van der Waals surface area contributed by atoms with Crippen molar-refractivity contribution in [2.45, 2.75) is 13.1 Å². The molecule has 3 rings (SSSR count). The first kappa shape index (κ1) is 18.7. The van der Waals surface area contributed by atoms with E-state index in [1.54, 1.807) is 25.6 Å². The molecular formula is C20H21ClN2O2S. The van der Waals surface area contributed by atoms with Crippen molar-refractivity contribution in [3.63, 3.8) is 0 Å². The van der Waals surface area contributed by atoms with Gasteiger partial charge in [0.05, 0.1) is 24.9 Å². The lowest BCUT2D eigenvalue weighted by Crippen LogP contribution is -2.18. The van der Waals surface area contributed by atoms with Crippen molar-refractivity contribution in [2.75, 3.05) is 21.3 Å². The number of nitrogens with zero attached hydrogens (tertiary/aromatic N) is 2. The van der Waals surface area contributed by atoms with Crippen LogP contribution in [0.3, 0.4) is 0 Å². The highest BCUT2D eigenvalue weighted by atomic mass is 35.5. The molecule has 0 saturated carbocycles. The van der Waals surface area contributed by atoms with Gasteiger partial charge in [-0.25, -0.2) is 4.98 Å². The van der Waals surface area contributed by atoms with Crippen LogP contribution < -0.4 is 9.47 Å². The fourth-order valence-corrected chi connectivity index (χ4v) is 3.87. The van der Waals surface area contributed by atoms with E-state index in [1.807, 2.05) is 42.5 Å². The molecule has 0 atom stereocenters. The van der Waals surface area contributed by atoms with Gasteiger partial charge in [-0.05, 0) is 19.2 Å². The van der Waals surface area contributed by atoms with E-state index >= 15 is 0 Å². The maximum absolute atomic E-state index is 6.27. The number of rotatable bonds is 7. The molecule has 0 radical (unpaired) electrons. The van der Waals surface area contributed by atoms with E-state index in [-0.39, 0.29) is 0 Å². The molecule has 6 heteroatoms. The summed E-state index contributed by atoms with van der Waals surface area (Å²) in [5, 5.41) is 3.76. The second kappa shape index (κ2) is 8.54. The highest BCUT2D eigenvalue weighted by molar-refractivity contribution is 7.13. The number of benzene rings is 2. The Kier molecular flexibility index (Phi) is 6.14. The topological polar surface area (TPSA) is 34.6 Å². The fraction of sp³-hybridized carbons (Fsp3) is 0.250. The Bertz CT molecular complexity index is 882. The van der Waals surface area contributed by atoms with Crippen LogP contribution in [0.2, 0.25) is 5.02 Å². The van der Waals surface area contributed by atoms with Crippen molar-refractivity contribution in [3.05, 3.63) is 64.1 Å². The maximum atomic E-state index is 6.27. The Morgan fingerprint density at radius 1 is 1.08 bits per heavy atom. The molecule has 0 N–H and O–H groups in total. The predicted molar refractivity (Wildman–Crippen MR) is 107 cm³/mol. The van der Waals surface area contributed by atoms with Gasteiger partial charge >= 0.3 is 0 Å². The Morgan fingerprint density at radius 2 is 1.88 bits per heavy atom. The fourth-order valence-electron chi connectivity index (χ4n) is 2.74. The molecule has 0 amide bonds. The average molecular weight is 389 g/mol. The van der Waals surface area contributed by atoms with Crippen LogP contribution in [-0.2, 0) is 13.1 Å². The summed E-state index contributed by atoms with van der Waals surface area (Å²) in [5.74, 6) is 1.61. The SMILES string of the molecule is COc1ccc(CN(C)Cc2csc(-c3ccccc3Cl)n2)c(OC)c1. The summed E-state index contributed by atoms with van der Waals surface area (Å²) < 4.78 is 10.7. The highest BCUT2D eigenvalue weighted by Crippen LogP contribution is 2.31. The molecule has 4 nitrogen and oxygen atoms in total. The Hall–Kier alpha value is -2.08. The van der Waals surface area contributed by atoms with Crippen LogP contribution in [0, 0.1) is 0 Å². The van der Waals surface area contributed by atoms with Crippen molar-refractivity contribution >= 4 is 22.9 Å². The van der Waals surface area contributed by atoms with Crippen molar-refractivity contribution < 1.29 is 9.47 Å². The van der Waals surface area contributed by atoms with Crippen LogP contribution in [0.5, 0.6) is 11.5 Å². The number of thiazole rings is 1. The van der Waals surface area contributed by atoms with Crippen LogP contribution in [0.1, 0.15) is 11.3 Å². The summed E-state index contributed by atoms with van der Waals surface area (Å²) in [4.78, 5) is 6.94. The molecule has 3 aromatic rings. The molecule has 1 aromatic heterocycles. The van der Waals surface area contributed by atoms with Gasteiger partial charge in [0, 0.05) is 35.7 Å². The van der Waals surface area contributed by atoms with E-state index < -0.39 is 0 Å². The van der Waals surface area contributed by atoms with E-state index in [2.05, 4.69) is 17.3 Å². The minimum Gasteiger partial charge on any atom is -0.497 e. The second-order valence-corrected chi connectivity index (χ2v) is 7.24. The van der Waals surface area contributed by atoms with Crippen molar-refractivity contribution in [1.82, 2.24) is 9.88 Å². The Labute approximate surface area is 163 Å². The maximum Gasteiger partial charge on any atom is 0.127 e. The molecule has 2 aromatic carbocycles. The molecule has 0 bridgehead atoms. The van der Waals surface area contributed by atoms with E-state index in [4.69, 9.17) is 26.1 Å². The van der Waals surface area contributed by atoms with Crippen molar-refractivity contribution in [3.8, 4) is 22.1 Å². The Morgan fingerprint density at radius 3 is 2.62 bits per heavy atom. The summed E-state index contributed by atoms with van der Waals surface area (Å²) in [6.07, 6.45) is 0. The lowest BCUT2D eigenvalue weighted by atomic mass is 10.1. The monoisotopic (exact) mass is 388 g/mol. The number of aromatic nitrogens is 1. The smallest absolute Gasteiger partial charge is 0.127 e. The summed E-state index contributed by atoms with van der Waals surface area (Å²) >= 11 is 7.89. The van der Waals surface area contributed by atoms with Crippen LogP contribution in [0.15, 0.2) is 47.8 Å². The zero-order valence-electron chi connectivity index (χ0n) is 15.0. The van der Waals surface area contributed by atoms with E-state index in [0.29, 0.717) is 0 Å². The number of hydrogen-bond acceptors (Lipinski definition) is 5. The van der Waals surface area contributed by atoms with Crippen molar-refractivity contribution in [1.29, 1.82) is 0 Å². The standard InChI is InChI=1S/C20H21ClN2O2S/c1-23(11-14-8-9-16(24-2)10-19(14)25-3)12-15-13-26-20(22-15)17-6-4-5-7-18(17)21/h4-10,13H,11-12H2,1-3H3. The number of ether oxygens (including phenoxy) is 2. The van der Waals surface area contributed by atoms with Crippen LogP contribution in [0.4, 0.5) is 0 Å². The molecule has 136 valence electrons. The van der Waals surface area contributed by atoms with Gasteiger partial charge in [-0.15, -0.1) is 11.3 Å². The molecule has 0 aliphatic rings. The van der Waals surface area contributed by atoms with E-state index in [1.165, 1.54) is 0 Å². The number of hydrogen-bond donors (Lipinski definition) is 0. The zero-order chi connectivity index (χ0) is 18.5. The van der Waals surface area contributed by atoms with E-state index in [0.717, 1.165) is 51.4 Å². The summed E-state index contributed by atoms with van der Waals surface area (Å²) in [6.45, 7) is 1.50.